The Morgan fingerprint density at radius 3 is 2.61 bits per heavy atom. The molecule has 1 aliphatic heterocycles. The van der Waals surface area contributed by atoms with Crippen LogP contribution in [-0.4, -0.2) is 55.1 Å². The van der Waals surface area contributed by atoms with Crippen LogP contribution in [-0.2, 0) is 0 Å². The molecule has 1 aromatic carbocycles. The Balaban J connectivity index is 1.51. The molecule has 1 aromatic heterocycles. The molecular weight excluding hydrogens is 288 g/mol. The number of piperazine rings is 1. The predicted molar refractivity (Wildman–Crippen MR) is 91.3 cm³/mol. The van der Waals surface area contributed by atoms with E-state index in [-0.39, 0.29) is 5.91 Å². The lowest BCUT2D eigenvalue weighted by Gasteiger charge is -2.27. The van der Waals surface area contributed by atoms with Gasteiger partial charge in [-0.3, -0.25) is 14.7 Å². The topological polar surface area (TPSA) is 57.3 Å². The number of nitrogens with zero attached hydrogens (tertiary/aromatic N) is 2. The number of rotatable bonds is 5. The van der Waals surface area contributed by atoms with Gasteiger partial charge in [-0.1, -0.05) is 18.2 Å². The summed E-state index contributed by atoms with van der Waals surface area (Å²) in [6.45, 7) is 5.75. The maximum Gasteiger partial charge on any atom is 0.251 e. The molecule has 3 rings (SSSR count). The molecule has 0 saturated carbocycles. The molecule has 1 fully saturated rings. The molecule has 1 saturated heterocycles. The van der Waals surface area contributed by atoms with Crippen molar-refractivity contribution < 1.29 is 4.79 Å². The summed E-state index contributed by atoms with van der Waals surface area (Å²) >= 11 is 0. The van der Waals surface area contributed by atoms with E-state index in [9.17, 15) is 4.79 Å². The first-order valence-electron chi connectivity index (χ1n) is 8.05. The largest absolute Gasteiger partial charge is 0.351 e. The van der Waals surface area contributed by atoms with Crippen molar-refractivity contribution in [3.63, 3.8) is 0 Å². The van der Waals surface area contributed by atoms with Crippen LogP contribution in [0, 0.1) is 0 Å². The lowest BCUT2D eigenvalue weighted by atomic mass is 10.1. The van der Waals surface area contributed by atoms with Crippen LogP contribution in [0.1, 0.15) is 10.4 Å². The molecule has 0 bridgehead atoms. The van der Waals surface area contributed by atoms with Gasteiger partial charge in [0, 0.05) is 57.2 Å². The van der Waals surface area contributed by atoms with Crippen LogP contribution in [0.3, 0.4) is 0 Å². The monoisotopic (exact) mass is 310 g/mol. The fourth-order valence-electron chi connectivity index (χ4n) is 2.71. The van der Waals surface area contributed by atoms with Crippen LogP contribution >= 0.6 is 0 Å². The molecular formula is C18H22N4O. The van der Waals surface area contributed by atoms with Crippen molar-refractivity contribution in [3.05, 3.63) is 54.4 Å². The third kappa shape index (κ3) is 4.37. The van der Waals surface area contributed by atoms with Gasteiger partial charge in [0.25, 0.3) is 5.91 Å². The van der Waals surface area contributed by atoms with Gasteiger partial charge in [0.05, 0.1) is 0 Å². The number of carbonyl (C=O) groups excluding carboxylic acids is 1. The van der Waals surface area contributed by atoms with Crippen molar-refractivity contribution in [1.29, 1.82) is 0 Å². The van der Waals surface area contributed by atoms with E-state index < -0.39 is 0 Å². The minimum atomic E-state index is -0.0159. The highest BCUT2D eigenvalue weighted by atomic mass is 16.1. The van der Waals surface area contributed by atoms with Gasteiger partial charge in [-0.2, -0.15) is 0 Å². The first kappa shape index (κ1) is 15.6. The number of carbonyl (C=O) groups is 1. The zero-order valence-corrected chi connectivity index (χ0v) is 13.2. The number of hydrogen-bond acceptors (Lipinski definition) is 4. The van der Waals surface area contributed by atoms with Crippen LogP contribution in [0.4, 0.5) is 0 Å². The van der Waals surface area contributed by atoms with E-state index >= 15 is 0 Å². The molecule has 5 heteroatoms. The lowest BCUT2D eigenvalue weighted by Crippen LogP contribution is -2.46. The molecule has 0 spiro atoms. The second kappa shape index (κ2) is 7.85. The van der Waals surface area contributed by atoms with E-state index in [4.69, 9.17) is 0 Å². The van der Waals surface area contributed by atoms with Gasteiger partial charge in [0.15, 0.2) is 0 Å². The first-order valence-corrected chi connectivity index (χ1v) is 8.05. The van der Waals surface area contributed by atoms with E-state index in [0.717, 1.165) is 43.9 Å². The number of pyridine rings is 1. The normalized spacial score (nSPS) is 15.3. The standard InChI is InChI=1S/C18H22N4O/c23-18(21-10-13-22-11-8-19-9-12-22)16-5-3-15(4-6-16)17-2-1-7-20-14-17/h1-7,14,19H,8-13H2,(H,21,23). The summed E-state index contributed by atoms with van der Waals surface area (Å²) in [6.07, 6.45) is 3.58. The van der Waals surface area contributed by atoms with Crippen LogP contribution in [0.2, 0.25) is 0 Å². The molecule has 0 radical (unpaired) electrons. The molecule has 23 heavy (non-hydrogen) atoms. The van der Waals surface area contributed by atoms with E-state index in [1.807, 2.05) is 42.6 Å². The Morgan fingerprint density at radius 1 is 1.13 bits per heavy atom. The first-order chi connectivity index (χ1) is 11.3. The highest BCUT2D eigenvalue weighted by molar-refractivity contribution is 5.94. The van der Waals surface area contributed by atoms with E-state index in [2.05, 4.69) is 20.5 Å². The number of hydrogen-bond donors (Lipinski definition) is 2. The van der Waals surface area contributed by atoms with Gasteiger partial charge in [-0.25, -0.2) is 0 Å². The zero-order valence-electron chi connectivity index (χ0n) is 13.2. The molecule has 2 N–H and O–H groups in total. The molecule has 5 nitrogen and oxygen atoms in total. The summed E-state index contributed by atoms with van der Waals surface area (Å²) in [5, 5.41) is 6.32. The summed E-state index contributed by atoms with van der Waals surface area (Å²) in [5.41, 5.74) is 2.81. The number of benzene rings is 1. The van der Waals surface area contributed by atoms with Gasteiger partial charge < -0.3 is 10.6 Å². The van der Waals surface area contributed by atoms with Gasteiger partial charge in [0.1, 0.15) is 0 Å². The van der Waals surface area contributed by atoms with Crippen molar-refractivity contribution in [1.82, 2.24) is 20.5 Å². The van der Waals surface area contributed by atoms with Crippen molar-refractivity contribution in [2.24, 2.45) is 0 Å². The molecule has 2 aromatic rings. The quantitative estimate of drug-likeness (QED) is 0.876. The third-order valence-electron chi connectivity index (χ3n) is 4.07. The Kier molecular flexibility index (Phi) is 5.34. The molecule has 1 aliphatic rings. The predicted octanol–water partition coefficient (Wildman–Crippen LogP) is 1.38. The summed E-state index contributed by atoms with van der Waals surface area (Å²) in [4.78, 5) is 18.7. The number of nitrogens with one attached hydrogen (secondary N) is 2. The summed E-state index contributed by atoms with van der Waals surface area (Å²) < 4.78 is 0. The Hall–Kier alpha value is -2.24. The Labute approximate surface area is 136 Å². The molecule has 2 heterocycles. The molecule has 0 unspecified atom stereocenters. The second-order valence-corrected chi connectivity index (χ2v) is 5.67. The van der Waals surface area contributed by atoms with E-state index in [1.165, 1.54) is 0 Å². The molecule has 1 amide bonds. The average Bonchev–Trinajstić information content (AvgIpc) is 2.63. The van der Waals surface area contributed by atoms with Gasteiger partial charge in [-0.15, -0.1) is 0 Å². The fourth-order valence-corrected chi connectivity index (χ4v) is 2.71. The van der Waals surface area contributed by atoms with Gasteiger partial charge >= 0.3 is 0 Å². The number of amides is 1. The SMILES string of the molecule is O=C(NCCN1CCNCC1)c1ccc(-c2cccnc2)cc1. The number of aromatic nitrogens is 1. The smallest absolute Gasteiger partial charge is 0.251 e. The van der Waals surface area contributed by atoms with Crippen LogP contribution < -0.4 is 10.6 Å². The molecule has 0 atom stereocenters. The second-order valence-electron chi connectivity index (χ2n) is 5.67. The highest BCUT2D eigenvalue weighted by Crippen LogP contribution is 2.18. The summed E-state index contributed by atoms with van der Waals surface area (Å²) in [5.74, 6) is -0.0159. The zero-order chi connectivity index (χ0) is 15.9. The summed E-state index contributed by atoms with van der Waals surface area (Å²) in [6, 6.07) is 11.6. The van der Waals surface area contributed by atoms with Crippen molar-refractivity contribution >= 4 is 5.91 Å². The van der Waals surface area contributed by atoms with Crippen molar-refractivity contribution in [2.45, 2.75) is 0 Å². The van der Waals surface area contributed by atoms with Gasteiger partial charge in [-0.05, 0) is 29.3 Å². The Bertz CT molecular complexity index is 621. The van der Waals surface area contributed by atoms with Crippen molar-refractivity contribution in [2.75, 3.05) is 39.3 Å². The van der Waals surface area contributed by atoms with Crippen LogP contribution in [0.25, 0.3) is 11.1 Å². The fraction of sp³-hybridized carbons (Fsp3) is 0.333. The molecule has 0 aliphatic carbocycles. The maximum atomic E-state index is 12.2. The van der Waals surface area contributed by atoms with E-state index in [0.29, 0.717) is 12.1 Å². The third-order valence-corrected chi connectivity index (χ3v) is 4.07. The van der Waals surface area contributed by atoms with Crippen LogP contribution in [0.15, 0.2) is 48.8 Å². The van der Waals surface area contributed by atoms with E-state index in [1.54, 1.807) is 6.20 Å². The highest BCUT2D eigenvalue weighted by Gasteiger charge is 2.10. The minimum absolute atomic E-state index is 0.0159. The maximum absolute atomic E-state index is 12.2. The van der Waals surface area contributed by atoms with Gasteiger partial charge in [0.2, 0.25) is 0 Å². The average molecular weight is 310 g/mol. The summed E-state index contributed by atoms with van der Waals surface area (Å²) in [7, 11) is 0. The lowest BCUT2D eigenvalue weighted by molar-refractivity contribution is 0.0947. The van der Waals surface area contributed by atoms with Crippen LogP contribution in [0.5, 0.6) is 0 Å². The van der Waals surface area contributed by atoms with Crippen molar-refractivity contribution in [3.8, 4) is 11.1 Å². The minimum Gasteiger partial charge on any atom is -0.351 e. The Morgan fingerprint density at radius 2 is 1.91 bits per heavy atom. The molecule has 120 valence electrons.